The van der Waals surface area contributed by atoms with Gasteiger partial charge in [0.25, 0.3) is 5.22 Å². The topological polar surface area (TPSA) is 98.7 Å². The molecule has 24 heavy (non-hydrogen) atoms. The fourth-order valence-corrected chi connectivity index (χ4v) is 3.02. The van der Waals surface area contributed by atoms with Crippen molar-refractivity contribution in [1.29, 1.82) is 0 Å². The lowest BCUT2D eigenvalue weighted by Crippen LogP contribution is -2.14. The Morgan fingerprint density at radius 3 is 3.04 bits per heavy atom. The molecule has 3 aromatic rings. The molecule has 124 valence electrons. The van der Waals surface area contributed by atoms with Crippen LogP contribution in [0.1, 0.15) is 5.89 Å². The molecule has 0 aliphatic rings. The number of thioether (sulfide) groups is 1. The second-order valence-corrected chi connectivity index (χ2v) is 6.77. The highest BCUT2D eigenvalue weighted by Crippen LogP contribution is 2.26. The molecule has 0 spiro atoms. The van der Waals surface area contributed by atoms with E-state index < -0.39 is 0 Å². The lowest BCUT2D eigenvalue weighted by Gasteiger charge is -2.06. The van der Waals surface area contributed by atoms with E-state index in [9.17, 15) is 4.79 Å². The molecule has 0 aliphatic heterocycles. The molecule has 0 saturated carbocycles. The Morgan fingerprint density at radius 1 is 1.42 bits per heavy atom. The van der Waals surface area contributed by atoms with E-state index in [4.69, 9.17) is 16.0 Å². The fraction of sp³-hybridized carbons (Fsp3) is 0.154. The van der Waals surface area contributed by atoms with E-state index in [2.05, 4.69) is 41.5 Å². The van der Waals surface area contributed by atoms with Gasteiger partial charge in [0.05, 0.1) is 16.5 Å². The van der Waals surface area contributed by atoms with Crippen molar-refractivity contribution in [2.24, 2.45) is 0 Å². The van der Waals surface area contributed by atoms with Crippen LogP contribution in [-0.2, 0) is 11.3 Å². The summed E-state index contributed by atoms with van der Waals surface area (Å²) in [6, 6.07) is 5.22. The predicted octanol–water partition coefficient (Wildman–Crippen LogP) is 2.86. The zero-order valence-corrected chi connectivity index (χ0v) is 15.2. The van der Waals surface area contributed by atoms with Gasteiger partial charge in [-0.15, -0.1) is 10.2 Å². The van der Waals surface area contributed by atoms with Crippen LogP contribution in [0, 0.1) is 0 Å². The van der Waals surface area contributed by atoms with E-state index in [-0.39, 0.29) is 11.7 Å². The van der Waals surface area contributed by atoms with E-state index in [0.717, 1.165) is 16.2 Å². The first-order valence-electron chi connectivity index (χ1n) is 6.62. The summed E-state index contributed by atoms with van der Waals surface area (Å²) in [7, 11) is 0. The first kappa shape index (κ1) is 16.9. The van der Waals surface area contributed by atoms with Crippen LogP contribution in [-0.4, -0.2) is 36.6 Å². The lowest BCUT2D eigenvalue weighted by molar-refractivity contribution is -0.113. The van der Waals surface area contributed by atoms with Crippen molar-refractivity contribution in [2.45, 2.75) is 11.8 Å². The van der Waals surface area contributed by atoms with Gasteiger partial charge >= 0.3 is 0 Å². The second kappa shape index (κ2) is 7.77. The Balaban J connectivity index is 1.52. The number of carbonyl (C=O) groups excluding carboxylic acids is 1. The maximum absolute atomic E-state index is 12.0. The molecule has 0 atom stereocenters. The SMILES string of the molecule is O=C(CSc1nnc(Cn2cncn2)o1)Nc1ccc(Br)cc1Cl. The number of anilines is 1. The summed E-state index contributed by atoms with van der Waals surface area (Å²) in [6.45, 7) is 0.328. The minimum absolute atomic E-state index is 0.122. The summed E-state index contributed by atoms with van der Waals surface area (Å²) < 4.78 is 7.84. The molecule has 2 aromatic heterocycles. The Bertz CT molecular complexity index is 841. The molecule has 1 amide bonds. The fourth-order valence-electron chi connectivity index (χ4n) is 1.72. The third-order valence-electron chi connectivity index (χ3n) is 2.74. The number of hydrogen-bond donors (Lipinski definition) is 1. The molecule has 0 aliphatic carbocycles. The zero-order chi connectivity index (χ0) is 16.9. The molecule has 1 aromatic carbocycles. The van der Waals surface area contributed by atoms with Gasteiger partial charge in [-0.05, 0) is 18.2 Å². The summed E-state index contributed by atoms with van der Waals surface area (Å²) in [5.41, 5.74) is 0.544. The number of benzene rings is 1. The van der Waals surface area contributed by atoms with Gasteiger partial charge in [-0.25, -0.2) is 9.67 Å². The molecule has 0 saturated heterocycles. The average molecular weight is 430 g/mol. The molecular formula is C13H10BrClN6O2S. The molecule has 8 nitrogen and oxygen atoms in total. The van der Waals surface area contributed by atoms with Gasteiger partial charge < -0.3 is 9.73 Å². The first-order chi connectivity index (χ1) is 11.6. The van der Waals surface area contributed by atoms with Crippen molar-refractivity contribution in [1.82, 2.24) is 25.0 Å². The van der Waals surface area contributed by atoms with Gasteiger partial charge in [0.2, 0.25) is 11.8 Å². The maximum Gasteiger partial charge on any atom is 0.277 e. The third kappa shape index (κ3) is 4.56. The van der Waals surface area contributed by atoms with Gasteiger partial charge in [-0.1, -0.05) is 39.3 Å². The summed E-state index contributed by atoms with van der Waals surface area (Å²) >= 11 is 10.5. The zero-order valence-electron chi connectivity index (χ0n) is 12.0. The van der Waals surface area contributed by atoms with Crippen molar-refractivity contribution in [3.05, 3.63) is 46.2 Å². The number of nitrogens with zero attached hydrogens (tertiary/aromatic N) is 5. The van der Waals surface area contributed by atoms with Crippen molar-refractivity contribution in [3.8, 4) is 0 Å². The van der Waals surface area contributed by atoms with E-state index in [1.807, 2.05) is 0 Å². The van der Waals surface area contributed by atoms with Crippen LogP contribution >= 0.6 is 39.3 Å². The molecular weight excluding hydrogens is 420 g/mol. The number of hydrogen-bond acceptors (Lipinski definition) is 7. The van der Waals surface area contributed by atoms with Crippen LogP contribution in [0.25, 0.3) is 0 Å². The Hall–Kier alpha value is -1.91. The molecule has 0 unspecified atom stereocenters. The molecule has 0 radical (unpaired) electrons. The monoisotopic (exact) mass is 428 g/mol. The third-order valence-corrected chi connectivity index (χ3v) is 4.37. The lowest BCUT2D eigenvalue weighted by atomic mass is 10.3. The standard InChI is InChI=1S/C13H10BrClN6O2S/c14-8-1-2-10(9(15)3-8)18-11(22)5-24-13-20-19-12(23-13)4-21-7-16-6-17-21/h1-3,6-7H,4-5H2,(H,18,22). The van der Waals surface area contributed by atoms with Gasteiger partial charge in [-0.2, -0.15) is 5.10 Å². The molecule has 2 heterocycles. The largest absolute Gasteiger partial charge is 0.414 e. The molecule has 3 rings (SSSR count). The summed E-state index contributed by atoms with van der Waals surface area (Å²) in [4.78, 5) is 15.8. The number of rotatable bonds is 6. The Labute approximate surface area is 154 Å². The van der Waals surface area contributed by atoms with E-state index in [0.29, 0.717) is 28.4 Å². The van der Waals surface area contributed by atoms with Gasteiger partial charge in [-0.3, -0.25) is 4.79 Å². The first-order valence-corrected chi connectivity index (χ1v) is 8.78. The van der Waals surface area contributed by atoms with Gasteiger partial charge in [0, 0.05) is 4.47 Å². The van der Waals surface area contributed by atoms with Crippen LogP contribution in [0.2, 0.25) is 5.02 Å². The smallest absolute Gasteiger partial charge is 0.277 e. The average Bonchev–Trinajstić information content (AvgIpc) is 3.20. The van der Waals surface area contributed by atoms with Crippen LogP contribution in [0.15, 0.2) is 45.0 Å². The quantitative estimate of drug-likeness (QED) is 0.601. The minimum atomic E-state index is -0.222. The molecule has 11 heteroatoms. The van der Waals surface area contributed by atoms with Crippen molar-refractivity contribution in [2.75, 3.05) is 11.1 Å². The second-order valence-electron chi connectivity index (χ2n) is 4.52. The number of aromatic nitrogens is 5. The number of amides is 1. The van der Waals surface area contributed by atoms with Crippen LogP contribution < -0.4 is 5.32 Å². The molecule has 0 fully saturated rings. The predicted molar refractivity (Wildman–Crippen MR) is 91.9 cm³/mol. The number of halogens is 2. The number of carbonyl (C=O) groups is 1. The van der Waals surface area contributed by atoms with Crippen LogP contribution in [0.5, 0.6) is 0 Å². The van der Waals surface area contributed by atoms with E-state index in [1.165, 1.54) is 6.33 Å². The van der Waals surface area contributed by atoms with Crippen LogP contribution in [0.4, 0.5) is 5.69 Å². The number of nitrogens with one attached hydrogen (secondary N) is 1. The van der Waals surface area contributed by atoms with E-state index >= 15 is 0 Å². The minimum Gasteiger partial charge on any atom is -0.414 e. The summed E-state index contributed by atoms with van der Waals surface area (Å²) in [5, 5.41) is 15.2. The van der Waals surface area contributed by atoms with Gasteiger partial charge in [0.1, 0.15) is 19.2 Å². The molecule has 0 bridgehead atoms. The van der Waals surface area contributed by atoms with Crippen molar-refractivity contribution >= 4 is 50.9 Å². The maximum atomic E-state index is 12.0. The van der Waals surface area contributed by atoms with E-state index in [1.54, 1.807) is 29.2 Å². The summed E-state index contributed by atoms with van der Waals surface area (Å²) in [6.07, 6.45) is 2.97. The van der Waals surface area contributed by atoms with Crippen LogP contribution in [0.3, 0.4) is 0 Å². The van der Waals surface area contributed by atoms with Crippen molar-refractivity contribution in [3.63, 3.8) is 0 Å². The molecule has 1 N–H and O–H groups in total. The Morgan fingerprint density at radius 2 is 2.29 bits per heavy atom. The van der Waals surface area contributed by atoms with Gasteiger partial charge in [0.15, 0.2) is 0 Å². The normalized spacial score (nSPS) is 10.8. The highest BCUT2D eigenvalue weighted by Gasteiger charge is 2.11. The summed E-state index contributed by atoms with van der Waals surface area (Å²) in [5.74, 6) is 0.289. The van der Waals surface area contributed by atoms with Crippen molar-refractivity contribution < 1.29 is 9.21 Å². The highest BCUT2D eigenvalue weighted by molar-refractivity contribution is 9.10. The highest BCUT2D eigenvalue weighted by atomic mass is 79.9. The Kier molecular flexibility index (Phi) is 5.48.